The molecule has 2 atom stereocenters. The number of anilines is 1. The average molecular weight is 442 g/mol. The summed E-state index contributed by atoms with van der Waals surface area (Å²) < 4.78 is 0. The van der Waals surface area contributed by atoms with Crippen LogP contribution in [0, 0.1) is 11.8 Å². The molecule has 1 aliphatic heterocycles. The lowest BCUT2D eigenvalue weighted by atomic mass is 9.85. The maximum absolute atomic E-state index is 12.7. The first kappa shape index (κ1) is 22.2. The number of hydrogen-bond acceptors (Lipinski definition) is 6. The summed E-state index contributed by atoms with van der Waals surface area (Å²) in [5.74, 6) is 1.59. The van der Waals surface area contributed by atoms with Gasteiger partial charge in [0.05, 0.1) is 10.7 Å². The van der Waals surface area contributed by atoms with Gasteiger partial charge in [0.15, 0.2) is 0 Å². The van der Waals surface area contributed by atoms with Crippen LogP contribution in [0.15, 0.2) is 24.5 Å². The second kappa shape index (κ2) is 10.5. The van der Waals surface area contributed by atoms with Crippen molar-refractivity contribution in [2.24, 2.45) is 11.8 Å². The standard InChI is InChI=1S/C24H32ClN5O/c1-16(17-6-3-2-4-7-17)29-24-27-11-9-22(30-24)20-12-19(28-15-21(20)25)13-23(31)18-8-5-10-26-14-18/h9,11-12,15-18,26H,2-8,10,13-14H2,1H3,(H,27,29,30)/t16-,18+/m0/s1. The number of nitrogens with zero attached hydrogens (tertiary/aromatic N) is 3. The number of aromatic nitrogens is 3. The lowest BCUT2D eigenvalue weighted by Crippen LogP contribution is -2.35. The van der Waals surface area contributed by atoms with E-state index in [1.165, 1.54) is 32.1 Å². The van der Waals surface area contributed by atoms with Crippen LogP contribution in [0.1, 0.15) is 57.6 Å². The van der Waals surface area contributed by atoms with Crippen LogP contribution in [0.5, 0.6) is 0 Å². The SMILES string of the molecule is C[C@H](Nc1nccc(-c2cc(CC(=O)[C@@H]3CCCNC3)ncc2Cl)n1)C1CCCCC1. The van der Waals surface area contributed by atoms with Gasteiger partial charge in [-0.05, 0) is 57.2 Å². The first-order chi connectivity index (χ1) is 15.1. The molecule has 0 radical (unpaired) electrons. The summed E-state index contributed by atoms with van der Waals surface area (Å²) in [6.07, 6.45) is 12.2. The number of carbonyl (C=O) groups excluding carboxylic acids is 1. The monoisotopic (exact) mass is 441 g/mol. The molecule has 1 saturated heterocycles. The molecule has 7 heteroatoms. The molecule has 2 aromatic rings. The average Bonchev–Trinajstić information content (AvgIpc) is 2.81. The summed E-state index contributed by atoms with van der Waals surface area (Å²) in [6, 6.07) is 4.09. The zero-order valence-electron chi connectivity index (χ0n) is 18.2. The largest absolute Gasteiger partial charge is 0.351 e. The van der Waals surface area contributed by atoms with Crippen LogP contribution in [-0.4, -0.2) is 39.9 Å². The van der Waals surface area contributed by atoms with Crippen molar-refractivity contribution < 1.29 is 4.79 Å². The minimum atomic E-state index is 0.0748. The number of piperidine rings is 1. The summed E-state index contributed by atoms with van der Waals surface area (Å²) in [4.78, 5) is 26.2. The van der Waals surface area contributed by atoms with Crippen molar-refractivity contribution in [3.05, 3.63) is 35.2 Å². The maximum atomic E-state index is 12.7. The minimum Gasteiger partial charge on any atom is -0.351 e. The molecule has 0 bridgehead atoms. The number of halogens is 1. The highest BCUT2D eigenvalue weighted by molar-refractivity contribution is 6.33. The fourth-order valence-electron chi connectivity index (χ4n) is 4.76. The van der Waals surface area contributed by atoms with Gasteiger partial charge in [-0.3, -0.25) is 9.78 Å². The predicted molar refractivity (Wildman–Crippen MR) is 124 cm³/mol. The van der Waals surface area contributed by atoms with E-state index in [1.54, 1.807) is 12.4 Å². The van der Waals surface area contributed by atoms with Gasteiger partial charge in [-0.15, -0.1) is 0 Å². The molecule has 2 N–H and O–H groups in total. The molecule has 1 saturated carbocycles. The Bertz CT molecular complexity index is 893. The summed E-state index contributed by atoms with van der Waals surface area (Å²) in [5.41, 5.74) is 2.27. The van der Waals surface area contributed by atoms with Crippen LogP contribution in [0.3, 0.4) is 0 Å². The fourth-order valence-corrected chi connectivity index (χ4v) is 4.96. The molecule has 166 valence electrons. The summed E-state index contributed by atoms with van der Waals surface area (Å²) in [7, 11) is 0. The smallest absolute Gasteiger partial charge is 0.223 e. The topological polar surface area (TPSA) is 79.8 Å². The molecule has 4 rings (SSSR count). The molecule has 31 heavy (non-hydrogen) atoms. The van der Waals surface area contributed by atoms with Gasteiger partial charge in [0.25, 0.3) is 0 Å². The van der Waals surface area contributed by atoms with E-state index in [9.17, 15) is 4.79 Å². The second-order valence-corrected chi connectivity index (χ2v) is 9.35. The fraction of sp³-hybridized carbons (Fsp3) is 0.583. The Hall–Kier alpha value is -2.05. The van der Waals surface area contributed by atoms with Gasteiger partial charge in [-0.1, -0.05) is 30.9 Å². The van der Waals surface area contributed by atoms with E-state index in [1.807, 2.05) is 12.1 Å². The molecule has 0 aromatic carbocycles. The van der Waals surface area contributed by atoms with E-state index < -0.39 is 0 Å². The number of rotatable bonds is 7. The van der Waals surface area contributed by atoms with E-state index in [2.05, 4.69) is 27.5 Å². The van der Waals surface area contributed by atoms with Crippen LogP contribution in [-0.2, 0) is 11.2 Å². The minimum absolute atomic E-state index is 0.0748. The van der Waals surface area contributed by atoms with Crippen molar-refractivity contribution in [2.45, 2.75) is 64.3 Å². The Kier molecular flexibility index (Phi) is 7.51. The third kappa shape index (κ3) is 5.80. The Morgan fingerprint density at radius 2 is 2.06 bits per heavy atom. The Morgan fingerprint density at radius 1 is 1.23 bits per heavy atom. The highest BCUT2D eigenvalue weighted by Crippen LogP contribution is 2.29. The number of pyridine rings is 1. The van der Waals surface area contributed by atoms with Gasteiger partial charge >= 0.3 is 0 Å². The zero-order chi connectivity index (χ0) is 21.6. The molecular weight excluding hydrogens is 410 g/mol. The van der Waals surface area contributed by atoms with Gasteiger partial charge in [-0.25, -0.2) is 9.97 Å². The Morgan fingerprint density at radius 3 is 2.84 bits per heavy atom. The Labute approximate surface area is 189 Å². The van der Waals surface area contributed by atoms with E-state index in [0.717, 1.165) is 42.9 Å². The highest BCUT2D eigenvalue weighted by atomic mass is 35.5. The zero-order valence-corrected chi connectivity index (χ0v) is 19.0. The lowest BCUT2D eigenvalue weighted by Gasteiger charge is -2.28. The number of nitrogens with one attached hydrogen (secondary N) is 2. The van der Waals surface area contributed by atoms with Crippen molar-refractivity contribution in [3.63, 3.8) is 0 Å². The van der Waals surface area contributed by atoms with Crippen LogP contribution in [0.2, 0.25) is 5.02 Å². The van der Waals surface area contributed by atoms with Crippen LogP contribution < -0.4 is 10.6 Å². The second-order valence-electron chi connectivity index (χ2n) is 8.94. The summed E-state index contributed by atoms with van der Waals surface area (Å²) in [5, 5.41) is 7.32. The molecule has 3 heterocycles. The molecule has 6 nitrogen and oxygen atoms in total. The van der Waals surface area contributed by atoms with Crippen molar-refractivity contribution in [3.8, 4) is 11.3 Å². The molecule has 0 unspecified atom stereocenters. The first-order valence-electron chi connectivity index (χ1n) is 11.6. The Balaban J connectivity index is 1.47. The van der Waals surface area contributed by atoms with Crippen LogP contribution in [0.25, 0.3) is 11.3 Å². The first-order valence-corrected chi connectivity index (χ1v) is 12.0. The van der Waals surface area contributed by atoms with Gasteiger partial charge in [0, 0.05) is 48.6 Å². The maximum Gasteiger partial charge on any atom is 0.223 e. The van der Waals surface area contributed by atoms with Crippen LogP contribution >= 0.6 is 11.6 Å². The van der Waals surface area contributed by atoms with Gasteiger partial charge in [-0.2, -0.15) is 0 Å². The predicted octanol–water partition coefficient (Wildman–Crippen LogP) is 4.68. The number of ketones is 1. The number of Topliss-reactive ketones (excluding diaryl/α,β-unsaturated/α-hetero) is 1. The normalized spacial score (nSPS) is 20.9. The van der Waals surface area contributed by atoms with Crippen molar-refractivity contribution in [1.82, 2.24) is 20.3 Å². The molecule has 2 aliphatic rings. The third-order valence-corrected chi connectivity index (χ3v) is 6.97. The van der Waals surface area contributed by atoms with Gasteiger partial charge in [0.1, 0.15) is 5.78 Å². The molecule has 0 spiro atoms. The van der Waals surface area contributed by atoms with Crippen molar-refractivity contribution in [1.29, 1.82) is 0 Å². The lowest BCUT2D eigenvalue weighted by molar-refractivity contribution is -0.122. The van der Waals surface area contributed by atoms with E-state index in [-0.39, 0.29) is 11.7 Å². The van der Waals surface area contributed by atoms with Gasteiger partial charge < -0.3 is 10.6 Å². The third-order valence-electron chi connectivity index (χ3n) is 6.66. The van der Waals surface area contributed by atoms with Crippen molar-refractivity contribution in [2.75, 3.05) is 18.4 Å². The molecule has 1 aliphatic carbocycles. The van der Waals surface area contributed by atoms with E-state index in [0.29, 0.717) is 29.4 Å². The molecule has 2 fully saturated rings. The molecule has 0 amide bonds. The van der Waals surface area contributed by atoms with Crippen molar-refractivity contribution >= 4 is 23.3 Å². The van der Waals surface area contributed by atoms with Gasteiger partial charge in [0.2, 0.25) is 5.95 Å². The van der Waals surface area contributed by atoms with E-state index in [4.69, 9.17) is 16.6 Å². The highest BCUT2D eigenvalue weighted by Gasteiger charge is 2.23. The summed E-state index contributed by atoms with van der Waals surface area (Å²) >= 11 is 6.46. The molecule has 2 aromatic heterocycles. The van der Waals surface area contributed by atoms with E-state index >= 15 is 0 Å². The quantitative estimate of drug-likeness (QED) is 0.649. The summed E-state index contributed by atoms with van der Waals surface area (Å²) in [6.45, 7) is 3.98. The van der Waals surface area contributed by atoms with Crippen LogP contribution in [0.4, 0.5) is 5.95 Å². The molecular formula is C24H32ClN5O. The number of hydrogen-bond donors (Lipinski definition) is 2. The number of carbonyl (C=O) groups is 1.